The molecule has 0 saturated heterocycles. The molecular formula is C16H13FN4O2. The van der Waals surface area contributed by atoms with Crippen molar-refractivity contribution >= 4 is 28.7 Å². The number of carbonyl (C=O) groups is 2. The first-order valence-corrected chi connectivity index (χ1v) is 6.98. The number of imidazole rings is 1. The first-order chi connectivity index (χ1) is 11.0. The maximum Gasteiger partial charge on any atom is 0.251 e. The van der Waals surface area contributed by atoms with Crippen LogP contribution in [-0.4, -0.2) is 26.1 Å². The fraction of sp³-hybridized carbons (Fsp3) is 0.125. The molecule has 0 amide bonds. The highest BCUT2D eigenvalue weighted by molar-refractivity contribution is 6.48. The summed E-state index contributed by atoms with van der Waals surface area (Å²) in [7, 11) is 0. The van der Waals surface area contributed by atoms with E-state index < -0.39 is 17.4 Å². The Balaban J connectivity index is 2.00. The number of Topliss-reactive ketones (excluding diaryl/α,β-unsaturated/α-hetero) is 2. The highest BCUT2D eigenvalue weighted by atomic mass is 19.1. The Morgan fingerprint density at radius 3 is 2.43 bits per heavy atom. The van der Waals surface area contributed by atoms with E-state index >= 15 is 0 Å². The number of aromatic nitrogens is 3. The van der Waals surface area contributed by atoms with E-state index in [9.17, 15) is 14.0 Å². The minimum absolute atomic E-state index is 0.00132. The number of benzene rings is 1. The standard InChI is InChI=1S/C16H13FN4O2/c1-2-21-15-12(20-16(21)18)8-7-11(19-15)14(23)13(22)9-3-5-10(17)6-4-9/h3-8H,2H2,1H3,(H2,18,20). The molecule has 2 aromatic heterocycles. The molecular weight excluding hydrogens is 299 g/mol. The normalized spacial score (nSPS) is 10.9. The van der Waals surface area contributed by atoms with Crippen LogP contribution in [0.4, 0.5) is 10.3 Å². The summed E-state index contributed by atoms with van der Waals surface area (Å²) in [6, 6.07) is 7.81. The summed E-state index contributed by atoms with van der Waals surface area (Å²) < 4.78 is 14.6. The average Bonchev–Trinajstić information content (AvgIpc) is 2.88. The van der Waals surface area contributed by atoms with Gasteiger partial charge in [-0.05, 0) is 43.3 Å². The molecule has 7 heteroatoms. The van der Waals surface area contributed by atoms with Gasteiger partial charge >= 0.3 is 0 Å². The van der Waals surface area contributed by atoms with Crippen molar-refractivity contribution in [2.75, 3.05) is 5.73 Å². The summed E-state index contributed by atoms with van der Waals surface area (Å²) in [6.07, 6.45) is 0. The molecule has 2 N–H and O–H groups in total. The number of nitrogens with zero attached hydrogens (tertiary/aromatic N) is 3. The van der Waals surface area contributed by atoms with Crippen molar-refractivity contribution in [1.82, 2.24) is 14.5 Å². The lowest BCUT2D eigenvalue weighted by atomic mass is 10.1. The van der Waals surface area contributed by atoms with Crippen LogP contribution in [0.2, 0.25) is 0 Å². The SMILES string of the molecule is CCn1c(N)nc2ccc(C(=O)C(=O)c3ccc(F)cc3)nc21. The molecule has 3 rings (SSSR count). The van der Waals surface area contributed by atoms with Crippen LogP contribution in [0.5, 0.6) is 0 Å². The van der Waals surface area contributed by atoms with Crippen molar-refractivity contribution in [2.45, 2.75) is 13.5 Å². The Morgan fingerprint density at radius 1 is 1.09 bits per heavy atom. The molecule has 0 saturated carbocycles. The molecule has 6 nitrogen and oxygen atoms in total. The van der Waals surface area contributed by atoms with Gasteiger partial charge < -0.3 is 5.73 Å². The van der Waals surface area contributed by atoms with Crippen LogP contribution in [0.1, 0.15) is 27.8 Å². The van der Waals surface area contributed by atoms with Crippen molar-refractivity contribution in [2.24, 2.45) is 0 Å². The predicted molar refractivity (Wildman–Crippen MR) is 82.7 cm³/mol. The van der Waals surface area contributed by atoms with Crippen LogP contribution in [0.3, 0.4) is 0 Å². The summed E-state index contributed by atoms with van der Waals surface area (Å²) in [5, 5.41) is 0. The Morgan fingerprint density at radius 2 is 1.78 bits per heavy atom. The lowest BCUT2D eigenvalue weighted by Crippen LogP contribution is -2.16. The second kappa shape index (κ2) is 5.60. The van der Waals surface area contributed by atoms with E-state index in [1.807, 2.05) is 6.92 Å². The van der Waals surface area contributed by atoms with Gasteiger partial charge in [-0.3, -0.25) is 14.2 Å². The van der Waals surface area contributed by atoms with Crippen LogP contribution in [-0.2, 0) is 6.54 Å². The zero-order valence-electron chi connectivity index (χ0n) is 12.3. The number of pyridine rings is 1. The summed E-state index contributed by atoms with van der Waals surface area (Å²) in [6.45, 7) is 2.41. The zero-order valence-corrected chi connectivity index (χ0v) is 12.3. The van der Waals surface area contributed by atoms with Gasteiger partial charge in [0.2, 0.25) is 11.7 Å². The third kappa shape index (κ3) is 2.57. The maximum absolute atomic E-state index is 12.9. The van der Waals surface area contributed by atoms with E-state index in [0.717, 1.165) is 12.1 Å². The van der Waals surface area contributed by atoms with Gasteiger partial charge in [-0.15, -0.1) is 0 Å². The van der Waals surface area contributed by atoms with Gasteiger partial charge in [-0.1, -0.05) is 0 Å². The van der Waals surface area contributed by atoms with Gasteiger partial charge in [0, 0.05) is 12.1 Å². The van der Waals surface area contributed by atoms with Gasteiger partial charge in [0.25, 0.3) is 5.78 Å². The summed E-state index contributed by atoms with van der Waals surface area (Å²) in [5.41, 5.74) is 6.89. The second-order valence-corrected chi connectivity index (χ2v) is 4.92. The number of rotatable bonds is 4. The molecule has 0 fully saturated rings. The van der Waals surface area contributed by atoms with Crippen molar-refractivity contribution in [1.29, 1.82) is 0 Å². The topological polar surface area (TPSA) is 90.9 Å². The number of nitrogens with two attached hydrogens (primary N) is 1. The molecule has 1 aromatic carbocycles. The molecule has 0 spiro atoms. The first-order valence-electron chi connectivity index (χ1n) is 6.98. The van der Waals surface area contributed by atoms with E-state index in [-0.39, 0.29) is 11.3 Å². The lowest BCUT2D eigenvalue weighted by molar-refractivity contribution is 0.0814. The van der Waals surface area contributed by atoms with E-state index in [4.69, 9.17) is 5.73 Å². The molecule has 23 heavy (non-hydrogen) atoms. The van der Waals surface area contributed by atoms with Crippen molar-refractivity contribution in [3.05, 3.63) is 53.5 Å². The fourth-order valence-corrected chi connectivity index (χ4v) is 2.31. The molecule has 0 radical (unpaired) electrons. The van der Waals surface area contributed by atoms with Gasteiger partial charge in [0.05, 0.1) is 0 Å². The summed E-state index contributed by atoms with van der Waals surface area (Å²) in [4.78, 5) is 32.9. The van der Waals surface area contributed by atoms with Crippen molar-refractivity contribution in [3.8, 4) is 0 Å². The lowest BCUT2D eigenvalue weighted by Gasteiger charge is -2.03. The van der Waals surface area contributed by atoms with Gasteiger partial charge in [0.1, 0.15) is 17.0 Å². The van der Waals surface area contributed by atoms with E-state index in [0.29, 0.717) is 23.7 Å². The number of aryl methyl sites for hydroxylation is 1. The van der Waals surface area contributed by atoms with Crippen LogP contribution in [0, 0.1) is 5.82 Å². The average molecular weight is 312 g/mol. The number of ketones is 2. The van der Waals surface area contributed by atoms with Crippen LogP contribution in [0.25, 0.3) is 11.2 Å². The molecule has 2 heterocycles. The van der Waals surface area contributed by atoms with Crippen molar-refractivity contribution < 1.29 is 14.0 Å². The molecule has 0 aliphatic heterocycles. The van der Waals surface area contributed by atoms with Crippen molar-refractivity contribution in [3.63, 3.8) is 0 Å². The van der Waals surface area contributed by atoms with E-state index in [1.54, 1.807) is 10.6 Å². The number of carbonyl (C=O) groups excluding carboxylic acids is 2. The summed E-state index contributed by atoms with van der Waals surface area (Å²) >= 11 is 0. The maximum atomic E-state index is 12.9. The smallest absolute Gasteiger partial charge is 0.251 e. The number of halogens is 1. The van der Waals surface area contributed by atoms with Crippen LogP contribution < -0.4 is 5.73 Å². The summed E-state index contributed by atoms with van der Waals surface area (Å²) in [5.74, 6) is -1.69. The number of fused-ring (bicyclic) bond motifs is 1. The number of anilines is 1. The Labute approximate surface area is 130 Å². The molecule has 0 aliphatic rings. The van der Waals surface area contributed by atoms with E-state index in [2.05, 4.69) is 9.97 Å². The highest BCUT2D eigenvalue weighted by Crippen LogP contribution is 2.17. The molecule has 0 atom stereocenters. The first kappa shape index (κ1) is 14.8. The molecule has 0 bridgehead atoms. The molecule has 0 aliphatic carbocycles. The fourth-order valence-electron chi connectivity index (χ4n) is 2.31. The van der Waals surface area contributed by atoms with E-state index in [1.165, 1.54) is 18.2 Å². The van der Waals surface area contributed by atoms with Crippen LogP contribution in [0.15, 0.2) is 36.4 Å². The number of hydrogen-bond acceptors (Lipinski definition) is 5. The quantitative estimate of drug-likeness (QED) is 0.589. The minimum Gasteiger partial charge on any atom is -0.369 e. The number of hydrogen-bond donors (Lipinski definition) is 1. The third-order valence-corrected chi connectivity index (χ3v) is 3.48. The molecule has 116 valence electrons. The monoisotopic (exact) mass is 312 g/mol. The zero-order chi connectivity index (χ0) is 16.6. The van der Waals surface area contributed by atoms with Gasteiger partial charge in [0.15, 0.2) is 5.65 Å². The minimum atomic E-state index is -0.763. The van der Waals surface area contributed by atoms with Crippen LogP contribution >= 0.6 is 0 Å². The predicted octanol–water partition coefficient (Wildman–Crippen LogP) is 2.24. The second-order valence-electron chi connectivity index (χ2n) is 4.92. The molecule has 0 unspecified atom stereocenters. The van der Waals surface area contributed by atoms with Gasteiger partial charge in [-0.25, -0.2) is 14.4 Å². The highest BCUT2D eigenvalue weighted by Gasteiger charge is 2.21. The Hall–Kier alpha value is -3.09. The Bertz CT molecular complexity index is 916. The Kier molecular flexibility index (Phi) is 3.61. The third-order valence-electron chi connectivity index (χ3n) is 3.48. The number of nitrogen functional groups attached to an aromatic ring is 1. The largest absolute Gasteiger partial charge is 0.369 e. The molecule has 3 aromatic rings. The van der Waals surface area contributed by atoms with Gasteiger partial charge in [-0.2, -0.15) is 0 Å².